The molecule has 3 aromatic carbocycles. The Bertz CT molecular complexity index is 1270. The average molecular weight is 451 g/mol. The molecule has 2 amide bonds. The molecule has 0 saturated heterocycles. The molecule has 0 aliphatic carbocycles. The molecule has 1 heterocycles. The van der Waals surface area contributed by atoms with Crippen molar-refractivity contribution in [2.75, 3.05) is 17.3 Å². The highest BCUT2D eigenvalue weighted by molar-refractivity contribution is 6.46. The first-order valence-electron chi connectivity index (χ1n) is 9.87. The number of anilines is 2. The van der Waals surface area contributed by atoms with Crippen molar-refractivity contribution in [3.8, 4) is 5.75 Å². The van der Waals surface area contributed by atoms with Crippen molar-refractivity contribution in [2.24, 2.45) is 0 Å². The molecule has 0 atom stereocenters. The lowest BCUT2D eigenvalue weighted by molar-refractivity contribution is -0.120. The molecule has 5 nitrogen and oxygen atoms in total. The number of rotatable bonds is 5. The van der Waals surface area contributed by atoms with Crippen LogP contribution in [0.4, 0.5) is 15.8 Å². The number of nitrogens with one attached hydrogen (secondary N) is 1. The number of amides is 2. The number of benzene rings is 3. The van der Waals surface area contributed by atoms with Gasteiger partial charge in [-0.1, -0.05) is 29.8 Å². The quantitative estimate of drug-likeness (QED) is 0.521. The molecule has 7 heteroatoms. The number of nitrogens with zero attached hydrogens (tertiary/aromatic N) is 1. The Hall–Kier alpha value is -3.64. The normalized spacial score (nSPS) is 13.7. The smallest absolute Gasteiger partial charge is 0.282 e. The Kier molecular flexibility index (Phi) is 5.72. The molecular formula is C25H20ClFN2O3. The molecule has 1 aliphatic rings. The van der Waals surface area contributed by atoms with Crippen molar-refractivity contribution < 1.29 is 18.7 Å². The van der Waals surface area contributed by atoms with Crippen LogP contribution in [0.15, 0.2) is 66.4 Å². The van der Waals surface area contributed by atoms with Crippen LogP contribution in [-0.2, 0) is 9.59 Å². The highest BCUT2D eigenvalue weighted by Gasteiger charge is 2.41. The summed E-state index contributed by atoms with van der Waals surface area (Å²) >= 11 is 6.06. The highest BCUT2D eigenvalue weighted by atomic mass is 35.5. The summed E-state index contributed by atoms with van der Waals surface area (Å²) in [6, 6.07) is 15.9. The van der Waals surface area contributed by atoms with Crippen LogP contribution in [0, 0.1) is 19.7 Å². The molecule has 3 aromatic rings. The number of hydrogen-bond acceptors (Lipinski definition) is 4. The summed E-state index contributed by atoms with van der Waals surface area (Å²) in [5.74, 6) is -1.11. The van der Waals surface area contributed by atoms with Crippen molar-refractivity contribution in [3.05, 3.63) is 93.9 Å². The van der Waals surface area contributed by atoms with Gasteiger partial charge in [-0.2, -0.15) is 0 Å². The molecule has 32 heavy (non-hydrogen) atoms. The van der Waals surface area contributed by atoms with Crippen molar-refractivity contribution in [1.82, 2.24) is 0 Å². The van der Waals surface area contributed by atoms with Crippen LogP contribution < -0.4 is 15.0 Å². The van der Waals surface area contributed by atoms with Crippen LogP contribution in [0.5, 0.6) is 5.75 Å². The van der Waals surface area contributed by atoms with Gasteiger partial charge in [0, 0.05) is 10.7 Å². The van der Waals surface area contributed by atoms with E-state index >= 15 is 0 Å². The maximum absolute atomic E-state index is 13.6. The van der Waals surface area contributed by atoms with E-state index in [-0.39, 0.29) is 11.3 Å². The minimum atomic E-state index is -0.535. The monoisotopic (exact) mass is 450 g/mol. The van der Waals surface area contributed by atoms with E-state index in [1.54, 1.807) is 30.3 Å². The summed E-state index contributed by atoms with van der Waals surface area (Å²) in [4.78, 5) is 28.2. The van der Waals surface area contributed by atoms with Gasteiger partial charge in [-0.25, -0.2) is 9.29 Å². The van der Waals surface area contributed by atoms with E-state index in [0.29, 0.717) is 27.7 Å². The maximum Gasteiger partial charge on any atom is 0.282 e. The summed E-state index contributed by atoms with van der Waals surface area (Å²) in [5.41, 5.74) is 3.29. The van der Waals surface area contributed by atoms with Gasteiger partial charge < -0.3 is 10.1 Å². The van der Waals surface area contributed by atoms with Gasteiger partial charge in [-0.3, -0.25) is 9.59 Å². The molecule has 0 unspecified atom stereocenters. The van der Waals surface area contributed by atoms with Crippen LogP contribution >= 0.6 is 11.6 Å². The maximum atomic E-state index is 13.6. The minimum absolute atomic E-state index is 0.0931. The van der Waals surface area contributed by atoms with E-state index in [4.69, 9.17) is 16.3 Å². The lowest BCUT2D eigenvalue weighted by Crippen LogP contribution is -2.32. The molecule has 4 rings (SSSR count). The number of methoxy groups -OCH3 is 1. The van der Waals surface area contributed by atoms with Crippen LogP contribution in [0.3, 0.4) is 0 Å². The SMILES string of the molecule is COc1ccc(C)cc1N1C(=O)C(Nc2ccc(Cl)cc2C)=C(c2ccc(F)cc2)C1=O. The topological polar surface area (TPSA) is 58.6 Å². The Balaban J connectivity index is 1.87. The van der Waals surface area contributed by atoms with Crippen molar-refractivity contribution in [1.29, 1.82) is 0 Å². The van der Waals surface area contributed by atoms with E-state index in [1.165, 1.54) is 31.4 Å². The zero-order chi connectivity index (χ0) is 23.0. The first kappa shape index (κ1) is 21.6. The summed E-state index contributed by atoms with van der Waals surface area (Å²) in [7, 11) is 1.48. The van der Waals surface area contributed by atoms with Gasteiger partial charge in [0.05, 0.1) is 18.4 Å². The fraction of sp³-hybridized carbons (Fsp3) is 0.120. The van der Waals surface area contributed by atoms with E-state index in [1.807, 2.05) is 19.9 Å². The molecule has 0 fully saturated rings. The minimum Gasteiger partial charge on any atom is -0.495 e. The van der Waals surface area contributed by atoms with Crippen molar-refractivity contribution in [2.45, 2.75) is 13.8 Å². The number of carbonyl (C=O) groups is 2. The molecule has 162 valence electrons. The second-order valence-electron chi connectivity index (χ2n) is 7.46. The molecule has 1 aliphatic heterocycles. The molecule has 0 spiro atoms. The second kappa shape index (κ2) is 8.48. The van der Waals surface area contributed by atoms with Crippen LogP contribution in [0.1, 0.15) is 16.7 Å². The summed E-state index contributed by atoms with van der Waals surface area (Å²) in [6.07, 6.45) is 0. The Morgan fingerprint density at radius 1 is 0.938 bits per heavy atom. The van der Waals surface area contributed by atoms with Gasteiger partial charge in [0.1, 0.15) is 17.3 Å². The highest BCUT2D eigenvalue weighted by Crippen LogP contribution is 2.38. The standard InChI is InChI=1S/C25H20ClFN2O3/c1-14-4-11-21(32-3)20(12-14)29-24(30)22(16-5-8-18(27)9-6-16)23(25(29)31)28-19-10-7-17(26)13-15(19)2/h4-13,28H,1-3H3. The third kappa shape index (κ3) is 3.85. The van der Waals surface area contributed by atoms with Gasteiger partial charge in [0.25, 0.3) is 11.8 Å². The van der Waals surface area contributed by atoms with Gasteiger partial charge in [0.2, 0.25) is 0 Å². The lowest BCUT2D eigenvalue weighted by Gasteiger charge is -2.19. The first-order valence-corrected chi connectivity index (χ1v) is 10.2. The molecule has 0 radical (unpaired) electrons. The molecule has 0 saturated carbocycles. The predicted molar refractivity (Wildman–Crippen MR) is 123 cm³/mol. The van der Waals surface area contributed by atoms with Gasteiger partial charge >= 0.3 is 0 Å². The van der Waals surface area contributed by atoms with E-state index in [2.05, 4.69) is 5.32 Å². The third-order valence-corrected chi connectivity index (χ3v) is 5.48. The predicted octanol–water partition coefficient (Wildman–Crippen LogP) is 5.50. The summed E-state index contributed by atoms with van der Waals surface area (Å²) in [5, 5.41) is 3.66. The molecule has 0 aromatic heterocycles. The fourth-order valence-electron chi connectivity index (χ4n) is 3.63. The first-order chi connectivity index (χ1) is 15.3. The molecule has 0 bridgehead atoms. The summed E-state index contributed by atoms with van der Waals surface area (Å²) in [6.45, 7) is 3.70. The van der Waals surface area contributed by atoms with Crippen molar-refractivity contribution in [3.63, 3.8) is 0 Å². The van der Waals surface area contributed by atoms with Gasteiger partial charge in [0.15, 0.2) is 0 Å². The Labute approximate surface area is 190 Å². The Morgan fingerprint density at radius 3 is 2.31 bits per heavy atom. The average Bonchev–Trinajstić information content (AvgIpc) is 3.00. The lowest BCUT2D eigenvalue weighted by atomic mass is 10.0. The van der Waals surface area contributed by atoms with Crippen LogP contribution in [0.25, 0.3) is 5.57 Å². The van der Waals surface area contributed by atoms with Crippen LogP contribution in [0.2, 0.25) is 5.02 Å². The summed E-state index contributed by atoms with van der Waals surface area (Å²) < 4.78 is 18.9. The third-order valence-electron chi connectivity index (χ3n) is 5.24. The second-order valence-corrected chi connectivity index (χ2v) is 7.90. The number of ether oxygens (including phenoxy) is 1. The van der Waals surface area contributed by atoms with Crippen molar-refractivity contribution >= 4 is 40.4 Å². The number of carbonyl (C=O) groups excluding carboxylic acids is 2. The molecule has 1 N–H and O–H groups in total. The van der Waals surface area contributed by atoms with Gasteiger partial charge in [-0.15, -0.1) is 0 Å². The van der Waals surface area contributed by atoms with Crippen LogP contribution in [-0.4, -0.2) is 18.9 Å². The number of imide groups is 1. The zero-order valence-corrected chi connectivity index (χ0v) is 18.5. The van der Waals surface area contributed by atoms with Gasteiger partial charge in [-0.05, 0) is 73.0 Å². The molecular weight excluding hydrogens is 431 g/mol. The largest absolute Gasteiger partial charge is 0.495 e. The zero-order valence-electron chi connectivity index (χ0n) is 17.7. The number of hydrogen-bond donors (Lipinski definition) is 1. The Morgan fingerprint density at radius 2 is 1.66 bits per heavy atom. The fourth-order valence-corrected chi connectivity index (χ4v) is 3.85. The number of halogens is 2. The number of aryl methyl sites for hydroxylation is 2. The van der Waals surface area contributed by atoms with E-state index in [9.17, 15) is 14.0 Å². The van der Waals surface area contributed by atoms with E-state index < -0.39 is 17.6 Å². The van der Waals surface area contributed by atoms with E-state index in [0.717, 1.165) is 16.0 Å².